The van der Waals surface area contributed by atoms with Crippen molar-refractivity contribution in [2.24, 2.45) is 10.2 Å². The van der Waals surface area contributed by atoms with Crippen molar-refractivity contribution in [3.63, 3.8) is 0 Å². The number of benzene rings is 4. The van der Waals surface area contributed by atoms with E-state index in [1.165, 1.54) is 47.9 Å². The van der Waals surface area contributed by atoms with E-state index in [4.69, 9.17) is 20.2 Å². The number of hydrazone groups is 2. The maximum absolute atomic E-state index is 4.96. The average Bonchev–Trinajstić information content (AvgIpc) is 3.76. The molecule has 2 aromatic heterocycles. The van der Waals surface area contributed by atoms with E-state index in [-0.39, 0.29) is 0 Å². The van der Waals surface area contributed by atoms with Gasteiger partial charge >= 0.3 is 0 Å². The Morgan fingerprint density at radius 1 is 0.542 bits per heavy atom. The summed E-state index contributed by atoms with van der Waals surface area (Å²) in [6, 6.07) is 33.8. The van der Waals surface area contributed by atoms with Gasteiger partial charge < -0.3 is 0 Å². The van der Waals surface area contributed by atoms with Crippen LogP contribution in [-0.4, -0.2) is 35.5 Å². The van der Waals surface area contributed by atoms with Crippen LogP contribution in [0.5, 0.6) is 0 Å². The van der Waals surface area contributed by atoms with Crippen LogP contribution in [0.2, 0.25) is 0 Å². The molecule has 0 unspecified atom stereocenters. The lowest BCUT2D eigenvalue weighted by molar-refractivity contribution is 0.651. The van der Waals surface area contributed by atoms with E-state index in [1.807, 2.05) is 24.6 Å². The molecule has 6 aromatic rings. The third-order valence-corrected chi connectivity index (χ3v) is 10.4. The molecular weight excluding hydrogens is 629 g/mol. The van der Waals surface area contributed by atoms with Crippen molar-refractivity contribution >= 4 is 65.8 Å². The molecule has 48 heavy (non-hydrogen) atoms. The number of hydrogen-bond acceptors (Lipinski definition) is 8. The molecule has 0 bridgehead atoms. The molecule has 0 aliphatic heterocycles. The largest absolute Gasteiger partial charge is 0.239 e. The molecule has 0 atom stereocenters. The highest BCUT2D eigenvalue weighted by molar-refractivity contribution is 7.22. The second-order valence-corrected chi connectivity index (χ2v) is 14.1. The highest BCUT2D eigenvalue weighted by Gasteiger charge is 2.13. The van der Waals surface area contributed by atoms with Crippen LogP contribution < -0.4 is 10.0 Å². The van der Waals surface area contributed by atoms with E-state index in [9.17, 15) is 0 Å². The molecule has 4 aromatic carbocycles. The molecule has 0 spiro atoms. The van der Waals surface area contributed by atoms with Crippen LogP contribution in [0.4, 0.5) is 10.3 Å². The molecule has 0 aliphatic carbocycles. The van der Waals surface area contributed by atoms with Crippen LogP contribution in [-0.2, 0) is 0 Å². The third-order valence-electron chi connectivity index (χ3n) is 8.25. The molecule has 0 saturated heterocycles. The zero-order valence-electron chi connectivity index (χ0n) is 28.0. The van der Waals surface area contributed by atoms with Crippen molar-refractivity contribution in [1.29, 1.82) is 0 Å². The summed E-state index contributed by atoms with van der Waals surface area (Å²) in [6.45, 7) is 6.19. The molecule has 0 fully saturated rings. The average molecular weight is 673 g/mol. The first kappa shape index (κ1) is 33.5. The Labute approximate surface area is 292 Å². The van der Waals surface area contributed by atoms with E-state index in [1.54, 1.807) is 22.7 Å². The summed E-state index contributed by atoms with van der Waals surface area (Å²) in [6.07, 6.45) is 13.4. The quantitative estimate of drug-likeness (QED) is 0.0550. The summed E-state index contributed by atoms with van der Waals surface area (Å²) in [5.74, 6) is 0. The Bertz CT molecular complexity index is 1750. The summed E-state index contributed by atoms with van der Waals surface area (Å²) in [7, 11) is 0. The summed E-state index contributed by atoms with van der Waals surface area (Å²) >= 11 is 3.40. The Kier molecular flexibility index (Phi) is 12.0. The molecule has 6 nitrogen and oxygen atoms in total. The van der Waals surface area contributed by atoms with E-state index in [0.717, 1.165) is 69.5 Å². The van der Waals surface area contributed by atoms with Crippen LogP contribution >= 0.6 is 22.7 Å². The smallest absolute Gasteiger partial charge is 0.207 e. The van der Waals surface area contributed by atoms with Gasteiger partial charge in [0.25, 0.3) is 0 Å². The van der Waals surface area contributed by atoms with E-state index < -0.39 is 0 Å². The Morgan fingerprint density at radius 3 is 1.44 bits per heavy atom. The van der Waals surface area contributed by atoms with Crippen LogP contribution in [0.3, 0.4) is 0 Å². The summed E-state index contributed by atoms with van der Waals surface area (Å²) in [5.41, 5.74) is 6.45. The molecule has 8 heteroatoms. The number of thiazole rings is 2. The standard InChI is InChI=1S/C40H44N6S2/c1-3-5-7-13-25-45(39-43-35-21-9-11-23-37(35)47-39)41-29-31-17-15-19-33(27-31)34-20-16-18-32(28-34)30-42-46(26-14-8-6-4-2)40-44-36-22-10-12-24-38(36)48-40/h9-12,15-24,27-30H,3-8,13-14,25-26H2,1-2H3/b41-29+,42-30+. The van der Waals surface area contributed by atoms with Gasteiger partial charge in [0.15, 0.2) is 0 Å². The zero-order chi connectivity index (χ0) is 33.0. The van der Waals surface area contributed by atoms with Crippen LogP contribution in [0.15, 0.2) is 107 Å². The fourth-order valence-electron chi connectivity index (χ4n) is 5.59. The van der Waals surface area contributed by atoms with Gasteiger partial charge in [-0.25, -0.2) is 20.0 Å². The van der Waals surface area contributed by atoms with Gasteiger partial charge in [-0.05, 0) is 71.5 Å². The zero-order valence-corrected chi connectivity index (χ0v) is 29.6. The summed E-state index contributed by atoms with van der Waals surface area (Å²) < 4.78 is 2.37. The van der Waals surface area contributed by atoms with Gasteiger partial charge in [0.2, 0.25) is 10.3 Å². The molecule has 0 N–H and O–H groups in total. The first-order valence-electron chi connectivity index (χ1n) is 17.2. The normalized spacial score (nSPS) is 11.8. The van der Waals surface area contributed by atoms with Crippen molar-refractivity contribution in [2.45, 2.75) is 65.2 Å². The minimum absolute atomic E-state index is 0.851. The van der Waals surface area contributed by atoms with Crippen molar-refractivity contribution in [3.8, 4) is 11.1 Å². The van der Waals surface area contributed by atoms with Gasteiger partial charge in [-0.3, -0.25) is 0 Å². The van der Waals surface area contributed by atoms with E-state index in [2.05, 4.69) is 109 Å². The number of para-hydroxylation sites is 2. The van der Waals surface area contributed by atoms with E-state index in [0.29, 0.717) is 0 Å². The first-order valence-corrected chi connectivity index (χ1v) is 18.9. The monoisotopic (exact) mass is 672 g/mol. The number of fused-ring (bicyclic) bond motifs is 2. The molecular formula is C40H44N6S2. The fourth-order valence-corrected chi connectivity index (χ4v) is 7.49. The number of nitrogens with zero attached hydrogens (tertiary/aromatic N) is 6. The van der Waals surface area contributed by atoms with Gasteiger partial charge in [0.1, 0.15) is 0 Å². The Hall–Kier alpha value is -4.40. The van der Waals surface area contributed by atoms with Gasteiger partial charge in [-0.1, -0.05) is 136 Å². The number of aromatic nitrogens is 2. The van der Waals surface area contributed by atoms with Crippen molar-refractivity contribution in [3.05, 3.63) is 108 Å². The molecule has 0 saturated carbocycles. The fraction of sp³-hybridized carbons (Fsp3) is 0.300. The summed E-state index contributed by atoms with van der Waals surface area (Å²) in [4.78, 5) is 9.79. The molecule has 0 aliphatic rings. The number of rotatable bonds is 17. The molecule has 2 heterocycles. The SMILES string of the molecule is CCCCCCN(/N=C/c1cccc(-c2cccc(/C=N/N(CCCCCC)c3nc4ccccc4s3)c2)c1)c1nc2ccccc2s1. The van der Waals surface area contributed by atoms with Gasteiger partial charge in [0, 0.05) is 13.1 Å². The second-order valence-electron chi connectivity index (χ2n) is 12.0. The third kappa shape index (κ3) is 8.94. The van der Waals surface area contributed by atoms with Crippen molar-refractivity contribution in [1.82, 2.24) is 9.97 Å². The predicted molar refractivity (Wildman–Crippen MR) is 209 cm³/mol. The second kappa shape index (κ2) is 17.1. The molecule has 0 amide bonds. The highest BCUT2D eigenvalue weighted by Crippen LogP contribution is 2.31. The minimum Gasteiger partial charge on any atom is -0.239 e. The summed E-state index contributed by atoms with van der Waals surface area (Å²) in [5, 5.41) is 16.0. The van der Waals surface area contributed by atoms with Crippen molar-refractivity contribution < 1.29 is 0 Å². The first-order chi connectivity index (χ1) is 23.7. The van der Waals surface area contributed by atoms with Crippen LogP contribution in [0.1, 0.15) is 76.3 Å². The maximum atomic E-state index is 4.96. The van der Waals surface area contributed by atoms with Gasteiger partial charge in [0.05, 0.1) is 32.9 Å². The lowest BCUT2D eigenvalue weighted by Crippen LogP contribution is -2.18. The van der Waals surface area contributed by atoms with Crippen LogP contribution in [0, 0.1) is 0 Å². The Morgan fingerprint density at radius 2 is 1.00 bits per heavy atom. The number of anilines is 2. The van der Waals surface area contributed by atoms with E-state index >= 15 is 0 Å². The maximum Gasteiger partial charge on any atom is 0.207 e. The van der Waals surface area contributed by atoms with Crippen LogP contribution in [0.25, 0.3) is 31.6 Å². The number of unbranched alkanes of at least 4 members (excludes halogenated alkanes) is 6. The van der Waals surface area contributed by atoms with Gasteiger partial charge in [-0.2, -0.15) is 10.2 Å². The topological polar surface area (TPSA) is 57.0 Å². The lowest BCUT2D eigenvalue weighted by Gasteiger charge is -2.16. The Balaban J connectivity index is 1.20. The van der Waals surface area contributed by atoms with Crippen molar-refractivity contribution in [2.75, 3.05) is 23.1 Å². The van der Waals surface area contributed by atoms with Gasteiger partial charge in [-0.15, -0.1) is 0 Å². The minimum atomic E-state index is 0.851. The molecule has 0 radical (unpaired) electrons. The molecule has 246 valence electrons. The molecule has 6 rings (SSSR count). The highest BCUT2D eigenvalue weighted by atomic mass is 32.1. The predicted octanol–water partition coefficient (Wildman–Crippen LogP) is 11.4. The lowest BCUT2D eigenvalue weighted by atomic mass is 10.0. The number of hydrogen-bond donors (Lipinski definition) is 0.